The number of hydrogen-bond acceptors (Lipinski definition) is 2. The molecule has 0 amide bonds. The highest BCUT2D eigenvalue weighted by Gasteiger charge is 1.78. The third-order valence-electron chi connectivity index (χ3n) is 0.390. The van der Waals surface area contributed by atoms with E-state index in [0.29, 0.717) is 0 Å². The smallest absolute Gasteiger partial charge is 0.112 e. The van der Waals surface area contributed by atoms with Crippen molar-refractivity contribution in [3.63, 3.8) is 0 Å². The standard InChI is InChI=1S/C5H8O2/c1-5(7)3-2-4-6/h5-7H,4H2,1H3. The number of aliphatic hydroxyl groups excluding tert-OH is 2. The second-order valence-corrected chi connectivity index (χ2v) is 1.16. The van der Waals surface area contributed by atoms with Crippen molar-refractivity contribution in [2.24, 2.45) is 0 Å². The molecule has 0 saturated heterocycles. The van der Waals surface area contributed by atoms with Gasteiger partial charge in [0.05, 0.1) is 0 Å². The van der Waals surface area contributed by atoms with Gasteiger partial charge >= 0.3 is 0 Å². The van der Waals surface area contributed by atoms with Crippen LogP contribution in [0.5, 0.6) is 0 Å². The first kappa shape index (κ1) is 6.48. The summed E-state index contributed by atoms with van der Waals surface area (Å²) in [7, 11) is 0. The van der Waals surface area contributed by atoms with Gasteiger partial charge in [-0.1, -0.05) is 11.8 Å². The van der Waals surface area contributed by atoms with E-state index in [1.165, 1.54) is 0 Å². The summed E-state index contributed by atoms with van der Waals surface area (Å²) in [4.78, 5) is 0. The van der Waals surface area contributed by atoms with Gasteiger partial charge in [0.15, 0.2) is 0 Å². The maximum atomic E-state index is 8.40. The lowest BCUT2D eigenvalue weighted by atomic mass is 10.4. The first-order chi connectivity index (χ1) is 3.27. The Kier molecular flexibility index (Phi) is 3.39. The zero-order valence-corrected chi connectivity index (χ0v) is 4.18. The summed E-state index contributed by atoms with van der Waals surface area (Å²) in [5.41, 5.74) is 0. The van der Waals surface area contributed by atoms with Crippen LogP contribution in [-0.2, 0) is 0 Å². The molecule has 0 fully saturated rings. The molecule has 1 atom stereocenters. The maximum absolute atomic E-state index is 8.40. The van der Waals surface area contributed by atoms with Crippen molar-refractivity contribution in [3.05, 3.63) is 0 Å². The molecule has 0 bridgehead atoms. The van der Waals surface area contributed by atoms with Crippen LogP contribution in [0.4, 0.5) is 0 Å². The molecular formula is C5H8O2. The Morgan fingerprint density at radius 2 is 2.29 bits per heavy atom. The Labute approximate surface area is 42.8 Å². The molecule has 0 spiro atoms. The number of hydrogen-bond donors (Lipinski definition) is 2. The van der Waals surface area contributed by atoms with E-state index in [-0.39, 0.29) is 6.61 Å². The van der Waals surface area contributed by atoms with Crippen molar-refractivity contribution < 1.29 is 10.2 Å². The van der Waals surface area contributed by atoms with Crippen LogP contribution in [0, 0.1) is 11.8 Å². The van der Waals surface area contributed by atoms with Gasteiger partial charge in [0.2, 0.25) is 0 Å². The van der Waals surface area contributed by atoms with Crippen LogP contribution in [0.25, 0.3) is 0 Å². The van der Waals surface area contributed by atoms with Gasteiger partial charge in [0, 0.05) is 0 Å². The summed E-state index contributed by atoms with van der Waals surface area (Å²) in [5, 5.41) is 16.4. The van der Waals surface area contributed by atoms with E-state index in [0.717, 1.165) is 0 Å². The topological polar surface area (TPSA) is 40.5 Å². The second-order valence-electron chi connectivity index (χ2n) is 1.16. The fraction of sp³-hybridized carbons (Fsp3) is 0.600. The normalized spacial score (nSPS) is 11.9. The predicted molar refractivity (Wildman–Crippen MR) is 26.5 cm³/mol. The van der Waals surface area contributed by atoms with E-state index < -0.39 is 6.10 Å². The van der Waals surface area contributed by atoms with Gasteiger partial charge < -0.3 is 10.2 Å². The third kappa shape index (κ3) is 5.48. The Balaban J connectivity index is 3.24. The molecule has 0 aliphatic rings. The molecule has 2 N–H and O–H groups in total. The molecule has 0 aromatic carbocycles. The summed E-state index contributed by atoms with van der Waals surface area (Å²) < 4.78 is 0. The fourth-order valence-electron chi connectivity index (χ4n) is 0.193. The maximum Gasteiger partial charge on any atom is 0.112 e. The van der Waals surface area contributed by atoms with Gasteiger partial charge in [0.25, 0.3) is 0 Å². The Morgan fingerprint density at radius 3 is 2.43 bits per heavy atom. The summed E-state index contributed by atoms with van der Waals surface area (Å²) in [6, 6.07) is 0. The minimum atomic E-state index is -0.618. The van der Waals surface area contributed by atoms with Crippen LogP contribution >= 0.6 is 0 Å². The van der Waals surface area contributed by atoms with Crippen molar-refractivity contribution in [2.45, 2.75) is 13.0 Å². The summed E-state index contributed by atoms with van der Waals surface area (Å²) in [5.74, 6) is 4.65. The van der Waals surface area contributed by atoms with Crippen molar-refractivity contribution in [3.8, 4) is 11.8 Å². The first-order valence-electron chi connectivity index (χ1n) is 2.04. The average molecular weight is 100 g/mol. The quantitative estimate of drug-likeness (QED) is 0.398. The molecule has 2 heteroatoms. The molecule has 0 radical (unpaired) electrons. The van der Waals surface area contributed by atoms with Crippen molar-refractivity contribution in [2.75, 3.05) is 6.61 Å². The van der Waals surface area contributed by atoms with Crippen molar-refractivity contribution >= 4 is 0 Å². The van der Waals surface area contributed by atoms with Crippen LogP contribution in [-0.4, -0.2) is 22.9 Å². The lowest BCUT2D eigenvalue weighted by Crippen LogP contribution is -1.92. The van der Waals surface area contributed by atoms with Gasteiger partial charge in [0.1, 0.15) is 12.7 Å². The van der Waals surface area contributed by atoms with Gasteiger partial charge in [-0.25, -0.2) is 0 Å². The van der Waals surface area contributed by atoms with E-state index in [4.69, 9.17) is 10.2 Å². The zero-order valence-electron chi connectivity index (χ0n) is 4.18. The third-order valence-corrected chi connectivity index (χ3v) is 0.390. The Morgan fingerprint density at radius 1 is 1.71 bits per heavy atom. The summed E-state index contributed by atoms with van der Waals surface area (Å²) in [6.07, 6.45) is -0.618. The van der Waals surface area contributed by atoms with Crippen molar-refractivity contribution in [1.82, 2.24) is 0 Å². The average Bonchev–Trinajstić information content (AvgIpc) is 1.61. The van der Waals surface area contributed by atoms with Gasteiger partial charge in [-0.15, -0.1) is 0 Å². The van der Waals surface area contributed by atoms with Crippen LogP contribution in [0.15, 0.2) is 0 Å². The molecule has 0 aromatic rings. The molecule has 0 rings (SSSR count). The number of aliphatic hydroxyl groups is 2. The van der Waals surface area contributed by atoms with E-state index in [9.17, 15) is 0 Å². The SMILES string of the molecule is CC(O)C#CCO. The van der Waals surface area contributed by atoms with Crippen LogP contribution in [0.3, 0.4) is 0 Å². The molecule has 7 heavy (non-hydrogen) atoms. The fourth-order valence-corrected chi connectivity index (χ4v) is 0.193. The monoisotopic (exact) mass is 100 g/mol. The highest BCUT2D eigenvalue weighted by molar-refractivity contribution is 5.02. The van der Waals surface area contributed by atoms with E-state index in [2.05, 4.69) is 11.8 Å². The summed E-state index contributed by atoms with van der Waals surface area (Å²) in [6.45, 7) is 1.37. The van der Waals surface area contributed by atoms with E-state index >= 15 is 0 Å². The molecule has 0 aliphatic carbocycles. The first-order valence-corrected chi connectivity index (χ1v) is 2.04. The highest BCUT2D eigenvalue weighted by atomic mass is 16.3. The van der Waals surface area contributed by atoms with E-state index in [1.807, 2.05) is 0 Å². The van der Waals surface area contributed by atoms with Crippen LogP contribution in [0.1, 0.15) is 6.92 Å². The lowest BCUT2D eigenvalue weighted by Gasteiger charge is -1.83. The van der Waals surface area contributed by atoms with Gasteiger partial charge in [-0.3, -0.25) is 0 Å². The lowest BCUT2D eigenvalue weighted by molar-refractivity contribution is 0.252. The molecule has 0 aliphatic heterocycles. The highest BCUT2D eigenvalue weighted by Crippen LogP contribution is 1.69. The van der Waals surface area contributed by atoms with Crippen LogP contribution in [0.2, 0.25) is 0 Å². The molecule has 0 heterocycles. The van der Waals surface area contributed by atoms with Crippen molar-refractivity contribution in [1.29, 1.82) is 0 Å². The minimum Gasteiger partial charge on any atom is -0.384 e. The second kappa shape index (κ2) is 3.66. The molecule has 40 valence electrons. The molecule has 0 saturated carbocycles. The zero-order chi connectivity index (χ0) is 5.70. The Bertz CT molecular complexity index is 86.0. The molecule has 2 nitrogen and oxygen atoms in total. The largest absolute Gasteiger partial charge is 0.384 e. The van der Waals surface area contributed by atoms with Gasteiger partial charge in [-0.2, -0.15) is 0 Å². The Hall–Kier alpha value is -0.520. The number of rotatable bonds is 0. The summed E-state index contributed by atoms with van der Waals surface area (Å²) >= 11 is 0. The molecule has 0 aromatic heterocycles. The predicted octanol–water partition coefficient (Wildman–Crippen LogP) is -0.637. The molecule has 1 unspecified atom stereocenters. The molecular weight excluding hydrogens is 92.1 g/mol. The van der Waals surface area contributed by atoms with Gasteiger partial charge in [-0.05, 0) is 6.92 Å². The van der Waals surface area contributed by atoms with E-state index in [1.54, 1.807) is 6.92 Å². The van der Waals surface area contributed by atoms with Crippen LogP contribution < -0.4 is 0 Å². The minimum absolute atomic E-state index is 0.176.